The van der Waals surface area contributed by atoms with Gasteiger partial charge in [0.1, 0.15) is 5.75 Å². The van der Waals surface area contributed by atoms with Crippen molar-refractivity contribution in [1.29, 1.82) is 0 Å². The number of aryl methyl sites for hydroxylation is 1. The van der Waals surface area contributed by atoms with E-state index in [9.17, 15) is 5.11 Å². The van der Waals surface area contributed by atoms with Crippen LogP contribution in [0.15, 0.2) is 18.2 Å². The van der Waals surface area contributed by atoms with Crippen LogP contribution in [0.3, 0.4) is 0 Å². The Labute approximate surface area is 121 Å². The highest BCUT2D eigenvalue weighted by molar-refractivity contribution is 5.42. The monoisotopic (exact) mass is 271 g/mol. The van der Waals surface area contributed by atoms with Crippen LogP contribution in [0.1, 0.15) is 43.7 Å². The van der Waals surface area contributed by atoms with Gasteiger partial charge in [-0.3, -0.25) is 0 Å². The summed E-state index contributed by atoms with van der Waals surface area (Å²) in [4.78, 5) is 2.71. The van der Waals surface area contributed by atoms with E-state index in [0.29, 0.717) is 5.75 Å². The number of phenols is 1. The fourth-order valence-electron chi connectivity index (χ4n) is 4.44. The highest BCUT2D eigenvalue weighted by atomic mass is 16.3. The number of phenolic OH excluding ortho intramolecular Hbond substituents is 1. The highest BCUT2D eigenvalue weighted by Gasteiger charge is 2.44. The molecule has 1 aliphatic heterocycles. The quantitative estimate of drug-likeness (QED) is 0.892. The van der Waals surface area contributed by atoms with Gasteiger partial charge in [0.05, 0.1) is 0 Å². The number of hydrogen-bond donors (Lipinski definition) is 1. The minimum absolute atomic E-state index is 0.284. The summed E-state index contributed by atoms with van der Waals surface area (Å²) >= 11 is 0. The van der Waals surface area contributed by atoms with Crippen LogP contribution in [0.2, 0.25) is 0 Å². The molecule has 4 rings (SSSR count). The van der Waals surface area contributed by atoms with Crippen molar-refractivity contribution in [1.82, 2.24) is 4.90 Å². The first kappa shape index (κ1) is 12.7. The predicted molar refractivity (Wildman–Crippen MR) is 81.1 cm³/mol. The summed E-state index contributed by atoms with van der Waals surface area (Å²) in [6.07, 6.45) is 6.66. The summed E-state index contributed by atoms with van der Waals surface area (Å²) in [6.45, 7) is 6.27. The Balaban J connectivity index is 1.60. The lowest BCUT2D eigenvalue weighted by molar-refractivity contribution is 0.0839. The zero-order valence-corrected chi connectivity index (χ0v) is 12.4. The van der Waals surface area contributed by atoms with Crippen molar-refractivity contribution >= 4 is 0 Å². The minimum Gasteiger partial charge on any atom is -0.508 e. The van der Waals surface area contributed by atoms with Crippen molar-refractivity contribution in [2.45, 2.75) is 44.4 Å². The average Bonchev–Trinajstić information content (AvgIpc) is 3.24. The van der Waals surface area contributed by atoms with Gasteiger partial charge in [0.15, 0.2) is 0 Å². The fraction of sp³-hybridized carbons (Fsp3) is 0.667. The molecule has 3 aliphatic rings. The molecule has 1 saturated carbocycles. The van der Waals surface area contributed by atoms with Gasteiger partial charge in [-0.2, -0.15) is 0 Å². The number of piperidine rings is 1. The van der Waals surface area contributed by atoms with Gasteiger partial charge in [-0.25, -0.2) is 0 Å². The molecule has 0 spiro atoms. The Morgan fingerprint density at radius 1 is 1.30 bits per heavy atom. The van der Waals surface area contributed by atoms with E-state index in [0.717, 1.165) is 11.8 Å². The Morgan fingerprint density at radius 3 is 2.95 bits per heavy atom. The highest BCUT2D eigenvalue weighted by Crippen LogP contribution is 2.48. The molecule has 1 aromatic rings. The van der Waals surface area contributed by atoms with Crippen LogP contribution in [-0.2, 0) is 11.8 Å². The first-order chi connectivity index (χ1) is 9.65. The number of rotatable bonds is 2. The maximum atomic E-state index is 9.86. The van der Waals surface area contributed by atoms with Gasteiger partial charge in [0.2, 0.25) is 0 Å². The number of fused-ring (bicyclic) bond motifs is 3. The molecule has 0 aromatic heterocycles. The van der Waals surface area contributed by atoms with Crippen molar-refractivity contribution < 1.29 is 5.11 Å². The van der Waals surface area contributed by atoms with Crippen LogP contribution in [0.5, 0.6) is 5.75 Å². The molecule has 108 valence electrons. The summed E-state index contributed by atoms with van der Waals surface area (Å²) in [5, 5.41) is 9.86. The van der Waals surface area contributed by atoms with Crippen LogP contribution in [0.25, 0.3) is 0 Å². The van der Waals surface area contributed by atoms with Crippen LogP contribution in [0.4, 0.5) is 0 Å². The molecule has 2 fully saturated rings. The molecule has 1 heterocycles. The van der Waals surface area contributed by atoms with Crippen LogP contribution >= 0.6 is 0 Å². The van der Waals surface area contributed by atoms with Crippen LogP contribution < -0.4 is 0 Å². The van der Waals surface area contributed by atoms with Crippen molar-refractivity contribution in [3.8, 4) is 5.75 Å². The maximum Gasteiger partial charge on any atom is 0.115 e. The molecule has 2 atom stereocenters. The van der Waals surface area contributed by atoms with Gasteiger partial charge in [-0.05, 0) is 79.2 Å². The number of likely N-dealkylation sites (tertiary alicyclic amines) is 1. The summed E-state index contributed by atoms with van der Waals surface area (Å²) in [5.41, 5.74) is 3.18. The molecule has 1 N–H and O–H groups in total. The summed E-state index contributed by atoms with van der Waals surface area (Å²) in [6, 6.07) is 6.03. The fourth-order valence-corrected chi connectivity index (χ4v) is 4.44. The largest absolute Gasteiger partial charge is 0.508 e. The molecule has 1 saturated heterocycles. The van der Waals surface area contributed by atoms with E-state index >= 15 is 0 Å². The van der Waals surface area contributed by atoms with Gasteiger partial charge in [-0.15, -0.1) is 0 Å². The average molecular weight is 271 g/mol. The van der Waals surface area contributed by atoms with E-state index in [-0.39, 0.29) is 5.41 Å². The predicted octanol–water partition coefficient (Wildman–Crippen LogP) is 3.33. The lowest BCUT2D eigenvalue weighted by Gasteiger charge is -2.50. The van der Waals surface area contributed by atoms with Gasteiger partial charge >= 0.3 is 0 Å². The smallest absolute Gasteiger partial charge is 0.115 e. The molecule has 20 heavy (non-hydrogen) atoms. The molecule has 2 heteroatoms. The number of aromatic hydroxyl groups is 1. The third-order valence-corrected chi connectivity index (χ3v) is 6.01. The number of benzene rings is 1. The summed E-state index contributed by atoms with van der Waals surface area (Å²) in [5.74, 6) is 2.20. The Hall–Kier alpha value is -1.02. The molecular formula is C18H25NO. The van der Waals surface area contributed by atoms with E-state index in [1.165, 1.54) is 62.9 Å². The third-order valence-electron chi connectivity index (χ3n) is 6.01. The molecule has 0 amide bonds. The van der Waals surface area contributed by atoms with E-state index in [2.05, 4.69) is 17.9 Å². The second kappa shape index (κ2) is 4.49. The van der Waals surface area contributed by atoms with Crippen molar-refractivity contribution in [3.63, 3.8) is 0 Å². The van der Waals surface area contributed by atoms with E-state index in [1.54, 1.807) is 0 Å². The standard InChI is InChI=1S/C18H25NO/c1-18-8-9-19(11-13-2-3-13)12-15(18)6-4-14-5-7-16(20)10-17(14)18/h5,7,10,13,15,20H,2-4,6,8-9,11-12H2,1H3/t15-,18+/m1/s1. The SMILES string of the molecule is C[C@]12CCN(CC3CC3)C[C@H]1CCc1ccc(O)cc12. The molecule has 0 bridgehead atoms. The summed E-state index contributed by atoms with van der Waals surface area (Å²) in [7, 11) is 0. The molecule has 0 unspecified atom stereocenters. The zero-order chi connectivity index (χ0) is 13.7. The van der Waals surface area contributed by atoms with Crippen molar-refractivity contribution in [3.05, 3.63) is 29.3 Å². The summed E-state index contributed by atoms with van der Waals surface area (Å²) < 4.78 is 0. The van der Waals surface area contributed by atoms with Gasteiger partial charge in [0, 0.05) is 13.1 Å². The topological polar surface area (TPSA) is 23.5 Å². The van der Waals surface area contributed by atoms with E-state index in [4.69, 9.17) is 0 Å². The van der Waals surface area contributed by atoms with Crippen LogP contribution in [-0.4, -0.2) is 29.6 Å². The van der Waals surface area contributed by atoms with E-state index in [1.807, 2.05) is 12.1 Å². The molecular weight excluding hydrogens is 246 g/mol. The number of nitrogens with zero attached hydrogens (tertiary/aromatic N) is 1. The first-order valence-corrected chi connectivity index (χ1v) is 8.20. The van der Waals surface area contributed by atoms with Gasteiger partial charge in [0.25, 0.3) is 0 Å². The first-order valence-electron chi connectivity index (χ1n) is 8.20. The van der Waals surface area contributed by atoms with Crippen molar-refractivity contribution in [2.75, 3.05) is 19.6 Å². The Kier molecular flexibility index (Phi) is 2.85. The lowest BCUT2D eigenvalue weighted by Crippen LogP contribution is -2.50. The number of hydrogen-bond acceptors (Lipinski definition) is 2. The molecule has 2 nitrogen and oxygen atoms in total. The van der Waals surface area contributed by atoms with Crippen molar-refractivity contribution in [2.24, 2.45) is 11.8 Å². The molecule has 2 aliphatic carbocycles. The normalized spacial score (nSPS) is 33.5. The maximum absolute atomic E-state index is 9.86. The second-order valence-corrected chi connectivity index (χ2v) is 7.45. The zero-order valence-electron chi connectivity index (χ0n) is 12.4. The second-order valence-electron chi connectivity index (χ2n) is 7.45. The van der Waals surface area contributed by atoms with Crippen LogP contribution in [0, 0.1) is 11.8 Å². The third kappa shape index (κ3) is 2.05. The van der Waals surface area contributed by atoms with Gasteiger partial charge in [-0.1, -0.05) is 13.0 Å². The van der Waals surface area contributed by atoms with Gasteiger partial charge < -0.3 is 10.0 Å². The van der Waals surface area contributed by atoms with E-state index < -0.39 is 0 Å². The molecule has 0 radical (unpaired) electrons. The lowest BCUT2D eigenvalue weighted by atomic mass is 9.61. The Morgan fingerprint density at radius 2 is 2.15 bits per heavy atom. The molecule has 1 aromatic carbocycles. The Bertz CT molecular complexity index is 522. The minimum atomic E-state index is 0.284.